The zero-order valence-corrected chi connectivity index (χ0v) is 9.13. The number of aryl methyl sites for hydroxylation is 2. The number of benzene rings is 1. The number of hydrogen-bond donors (Lipinski definition) is 1. The van der Waals surface area contributed by atoms with Gasteiger partial charge in [-0.1, -0.05) is 24.1 Å². The molecule has 0 aliphatic carbocycles. The largest absolute Gasteiger partial charge is 0.345 e. The minimum Gasteiger partial charge on any atom is -0.345 e. The normalized spacial score (nSPS) is 9.40. The summed E-state index contributed by atoms with van der Waals surface area (Å²) in [5, 5.41) is 2.64. The van der Waals surface area contributed by atoms with Gasteiger partial charge in [-0.05, 0) is 30.5 Å². The summed E-state index contributed by atoms with van der Waals surface area (Å²) < 4.78 is 0. The van der Waals surface area contributed by atoms with Gasteiger partial charge in [-0.2, -0.15) is 0 Å². The van der Waals surface area contributed by atoms with E-state index in [4.69, 9.17) is 6.42 Å². The molecule has 0 bridgehead atoms. The highest BCUT2D eigenvalue weighted by Gasteiger charge is 2.02. The molecule has 78 valence electrons. The first kappa shape index (κ1) is 11.3. The van der Waals surface area contributed by atoms with Crippen LogP contribution in [0.15, 0.2) is 18.2 Å². The minimum absolute atomic E-state index is 0.0313. The van der Waals surface area contributed by atoms with Crippen LogP contribution in [0, 0.1) is 26.2 Å². The number of terminal acetylenes is 1. The Morgan fingerprint density at radius 2 is 2.13 bits per heavy atom. The molecule has 2 nitrogen and oxygen atoms in total. The van der Waals surface area contributed by atoms with Gasteiger partial charge in [0.15, 0.2) is 0 Å². The van der Waals surface area contributed by atoms with E-state index in [1.54, 1.807) is 0 Å². The second-order valence-corrected chi connectivity index (χ2v) is 3.58. The molecule has 0 aliphatic rings. The summed E-state index contributed by atoms with van der Waals surface area (Å²) in [6, 6.07) is 6.03. The third-order valence-electron chi connectivity index (χ3n) is 2.32. The average Bonchev–Trinajstić information content (AvgIpc) is 2.20. The van der Waals surface area contributed by atoms with Gasteiger partial charge in [0, 0.05) is 0 Å². The summed E-state index contributed by atoms with van der Waals surface area (Å²) in [5.74, 6) is 2.34. The maximum atomic E-state index is 11.4. The fourth-order valence-corrected chi connectivity index (χ4v) is 1.31. The Kier molecular flexibility index (Phi) is 3.93. The van der Waals surface area contributed by atoms with Gasteiger partial charge in [0.25, 0.3) is 0 Å². The van der Waals surface area contributed by atoms with Crippen LogP contribution in [0.4, 0.5) is 0 Å². The predicted octanol–water partition coefficient (Wildman–Crippen LogP) is 1.60. The van der Waals surface area contributed by atoms with Gasteiger partial charge in [0.2, 0.25) is 5.91 Å². The molecule has 15 heavy (non-hydrogen) atoms. The van der Waals surface area contributed by atoms with Gasteiger partial charge in [-0.15, -0.1) is 6.42 Å². The molecule has 0 saturated heterocycles. The summed E-state index contributed by atoms with van der Waals surface area (Å²) in [6.07, 6.45) is 5.44. The van der Waals surface area contributed by atoms with Crippen molar-refractivity contribution >= 4 is 5.91 Å². The molecule has 1 aromatic carbocycles. The lowest BCUT2D eigenvalue weighted by Crippen LogP contribution is -2.25. The molecule has 0 unspecified atom stereocenters. The van der Waals surface area contributed by atoms with E-state index in [-0.39, 0.29) is 5.91 Å². The van der Waals surface area contributed by atoms with Crippen molar-refractivity contribution < 1.29 is 4.79 Å². The van der Waals surface area contributed by atoms with E-state index in [1.165, 1.54) is 11.1 Å². The molecule has 0 spiro atoms. The first-order valence-electron chi connectivity index (χ1n) is 4.90. The lowest BCUT2D eigenvalue weighted by molar-refractivity contribution is -0.120. The highest BCUT2D eigenvalue weighted by molar-refractivity contribution is 5.78. The van der Waals surface area contributed by atoms with Crippen molar-refractivity contribution in [3.05, 3.63) is 34.9 Å². The van der Waals surface area contributed by atoms with Gasteiger partial charge in [0.1, 0.15) is 0 Å². The molecular weight excluding hydrogens is 186 g/mol. The van der Waals surface area contributed by atoms with Crippen LogP contribution in [0.25, 0.3) is 0 Å². The first-order chi connectivity index (χ1) is 7.13. The monoisotopic (exact) mass is 201 g/mol. The fourth-order valence-electron chi connectivity index (χ4n) is 1.31. The molecule has 0 saturated carbocycles. The van der Waals surface area contributed by atoms with Gasteiger partial charge in [-0.3, -0.25) is 4.79 Å². The van der Waals surface area contributed by atoms with E-state index in [2.05, 4.69) is 18.2 Å². The van der Waals surface area contributed by atoms with Crippen LogP contribution in [0.2, 0.25) is 0 Å². The van der Waals surface area contributed by atoms with Gasteiger partial charge < -0.3 is 5.32 Å². The second-order valence-electron chi connectivity index (χ2n) is 3.58. The lowest BCUT2D eigenvalue weighted by Gasteiger charge is -2.05. The van der Waals surface area contributed by atoms with Gasteiger partial charge in [-0.25, -0.2) is 0 Å². The average molecular weight is 201 g/mol. The third-order valence-corrected chi connectivity index (χ3v) is 2.32. The molecule has 1 aromatic rings. The molecular formula is C13H15NO. The predicted molar refractivity (Wildman–Crippen MR) is 61.5 cm³/mol. The van der Waals surface area contributed by atoms with Crippen LogP contribution in [0.1, 0.15) is 16.7 Å². The van der Waals surface area contributed by atoms with E-state index < -0.39 is 0 Å². The number of amides is 1. The van der Waals surface area contributed by atoms with Crippen molar-refractivity contribution in [1.82, 2.24) is 5.32 Å². The third kappa shape index (κ3) is 3.47. The standard InChI is InChI=1S/C13H15NO/c1-4-7-14-13(15)9-12-6-5-10(2)11(3)8-12/h1,5-6,8H,7,9H2,2-3H3,(H,14,15). The van der Waals surface area contributed by atoms with Crippen LogP contribution in [0.5, 0.6) is 0 Å². The summed E-state index contributed by atoms with van der Waals surface area (Å²) in [4.78, 5) is 11.4. The van der Waals surface area contributed by atoms with E-state index in [9.17, 15) is 4.79 Å². The quantitative estimate of drug-likeness (QED) is 0.739. The van der Waals surface area contributed by atoms with Crippen molar-refractivity contribution in [3.63, 3.8) is 0 Å². The Morgan fingerprint density at radius 1 is 1.40 bits per heavy atom. The molecule has 2 heteroatoms. The zero-order valence-electron chi connectivity index (χ0n) is 9.13. The van der Waals surface area contributed by atoms with Crippen LogP contribution in [-0.4, -0.2) is 12.5 Å². The van der Waals surface area contributed by atoms with Crippen molar-refractivity contribution in [2.45, 2.75) is 20.3 Å². The van der Waals surface area contributed by atoms with Crippen molar-refractivity contribution in [1.29, 1.82) is 0 Å². The maximum Gasteiger partial charge on any atom is 0.225 e. The summed E-state index contributed by atoms with van der Waals surface area (Å²) in [6.45, 7) is 4.39. The summed E-state index contributed by atoms with van der Waals surface area (Å²) in [7, 11) is 0. The Bertz CT molecular complexity index is 401. The Labute approximate surface area is 90.7 Å². The topological polar surface area (TPSA) is 29.1 Å². The molecule has 1 rings (SSSR count). The Hall–Kier alpha value is -1.75. The smallest absolute Gasteiger partial charge is 0.225 e. The van der Waals surface area contributed by atoms with Crippen LogP contribution < -0.4 is 5.32 Å². The molecule has 0 radical (unpaired) electrons. The number of rotatable bonds is 3. The zero-order chi connectivity index (χ0) is 11.3. The van der Waals surface area contributed by atoms with Crippen molar-refractivity contribution in [2.24, 2.45) is 0 Å². The van der Waals surface area contributed by atoms with E-state index in [1.807, 2.05) is 25.1 Å². The number of carbonyl (C=O) groups is 1. The minimum atomic E-state index is -0.0313. The Morgan fingerprint density at radius 3 is 2.73 bits per heavy atom. The number of hydrogen-bond acceptors (Lipinski definition) is 1. The molecule has 0 fully saturated rings. The fraction of sp³-hybridized carbons (Fsp3) is 0.308. The van der Waals surface area contributed by atoms with Gasteiger partial charge >= 0.3 is 0 Å². The number of carbonyl (C=O) groups excluding carboxylic acids is 1. The Balaban J connectivity index is 2.62. The van der Waals surface area contributed by atoms with Crippen molar-refractivity contribution in [3.8, 4) is 12.3 Å². The summed E-state index contributed by atoms with van der Waals surface area (Å²) >= 11 is 0. The molecule has 0 aliphatic heterocycles. The molecule has 1 amide bonds. The molecule has 0 aromatic heterocycles. The highest BCUT2D eigenvalue weighted by atomic mass is 16.1. The lowest BCUT2D eigenvalue weighted by atomic mass is 10.0. The van der Waals surface area contributed by atoms with E-state index in [0.29, 0.717) is 13.0 Å². The summed E-state index contributed by atoms with van der Waals surface area (Å²) in [5.41, 5.74) is 3.47. The molecule has 0 atom stereocenters. The first-order valence-corrected chi connectivity index (χ1v) is 4.90. The highest BCUT2D eigenvalue weighted by Crippen LogP contribution is 2.10. The van der Waals surface area contributed by atoms with Crippen molar-refractivity contribution in [2.75, 3.05) is 6.54 Å². The van der Waals surface area contributed by atoms with Crippen LogP contribution >= 0.6 is 0 Å². The van der Waals surface area contributed by atoms with E-state index >= 15 is 0 Å². The second kappa shape index (κ2) is 5.21. The van der Waals surface area contributed by atoms with Gasteiger partial charge in [0.05, 0.1) is 13.0 Å². The molecule has 1 N–H and O–H groups in total. The van der Waals surface area contributed by atoms with Crippen LogP contribution in [0.3, 0.4) is 0 Å². The SMILES string of the molecule is C#CCNC(=O)Cc1ccc(C)c(C)c1. The number of nitrogens with one attached hydrogen (secondary N) is 1. The maximum absolute atomic E-state index is 11.4. The molecule has 0 heterocycles. The van der Waals surface area contributed by atoms with E-state index in [0.717, 1.165) is 5.56 Å². The van der Waals surface area contributed by atoms with Crippen LogP contribution in [-0.2, 0) is 11.2 Å².